The molecule has 0 unspecified atom stereocenters. The minimum absolute atomic E-state index is 0.715. The molecule has 58 valence electrons. The zero-order valence-corrected chi connectivity index (χ0v) is 9.24. The van der Waals surface area contributed by atoms with Crippen LogP contribution in [0.2, 0.25) is 0 Å². The van der Waals surface area contributed by atoms with Crippen molar-refractivity contribution < 1.29 is 0 Å². The molecule has 12 heavy (non-hydrogen) atoms. The first-order valence-electron chi connectivity index (χ1n) is 3.12. The van der Waals surface area contributed by atoms with Crippen LogP contribution in [0.25, 0.3) is 0 Å². The van der Waals surface area contributed by atoms with Crippen molar-refractivity contribution in [3.8, 4) is 24.7 Å². The van der Waals surface area contributed by atoms with Crippen LogP contribution in [0, 0.1) is 24.7 Å². The van der Waals surface area contributed by atoms with Gasteiger partial charge in [-0.05, 0) is 44.0 Å². The molecule has 0 radical (unpaired) electrons. The average Bonchev–Trinajstić information content (AvgIpc) is 2.09. The zero-order valence-electron chi connectivity index (χ0n) is 6.07. The molecule has 0 atom stereocenters. The molecule has 0 bridgehead atoms. The van der Waals surface area contributed by atoms with Crippen LogP contribution in [0.1, 0.15) is 11.1 Å². The fraction of sp³-hybridized carbons (Fsp3) is 0. The second kappa shape index (κ2) is 3.81. The van der Waals surface area contributed by atoms with E-state index in [1.807, 2.05) is 12.1 Å². The Kier molecular flexibility index (Phi) is 2.98. The first-order chi connectivity index (χ1) is 5.70. The van der Waals surface area contributed by atoms with Gasteiger partial charge in [0.15, 0.2) is 0 Å². The van der Waals surface area contributed by atoms with Crippen LogP contribution in [-0.2, 0) is 0 Å². The van der Waals surface area contributed by atoms with Crippen LogP contribution in [0.3, 0.4) is 0 Å². The number of hydrogen-bond acceptors (Lipinski definition) is 0. The van der Waals surface area contributed by atoms with Gasteiger partial charge < -0.3 is 0 Å². The molecule has 0 heterocycles. The second-order valence-electron chi connectivity index (χ2n) is 2.07. The van der Waals surface area contributed by atoms with E-state index in [0.717, 1.165) is 14.5 Å². The predicted octanol–water partition coefficient (Wildman–Crippen LogP) is 3.17. The van der Waals surface area contributed by atoms with Gasteiger partial charge in [-0.3, -0.25) is 0 Å². The molecule has 0 aliphatic heterocycles. The molecule has 0 saturated carbocycles. The van der Waals surface area contributed by atoms with E-state index >= 15 is 0 Å². The topological polar surface area (TPSA) is 0 Å². The molecule has 0 spiro atoms. The molecular formula is C10H4Br2. The van der Waals surface area contributed by atoms with Crippen molar-refractivity contribution in [2.45, 2.75) is 0 Å². The summed E-state index contributed by atoms with van der Waals surface area (Å²) in [6.45, 7) is 0. The third kappa shape index (κ3) is 1.55. The summed E-state index contributed by atoms with van der Waals surface area (Å²) in [6, 6.07) is 3.67. The number of rotatable bonds is 0. The monoisotopic (exact) mass is 282 g/mol. The molecule has 1 aromatic carbocycles. The van der Waals surface area contributed by atoms with Gasteiger partial charge in [-0.25, -0.2) is 0 Å². The van der Waals surface area contributed by atoms with Gasteiger partial charge >= 0.3 is 0 Å². The van der Waals surface area contributed by atoms with E-state index in [4.69, 9.17) is 12.8 Å². The number of terminal acetylenes is 2. The van der Waals surface area contributed by atoms with Gasteiger partial charge in [0.1, 0.15) is 0 Å². The number of hydrogen-bond donors (Lipinski definition) is 0. The van der Waals surface area contributed by atoms with Crippen LogP contribution >= 0.6 is 31.9 Å². The fourth-order valence-corrected chi connectivity index (χ4v) is 1.60. The Morgan fingerprint density at radius 1 is 1.08 bits per heavy atom. The minimum atomic E-state index is 0.715. The van der Waals surface area contributed by atoms with Crippen LogP contribution < -0.4 is 0 Å². The van der Waals surface area contributed by atoms with Crippen LogP contribution in [-0.4, -0.2) is 0 Å². The summed E-state index contributed by atoms with van der Waals surface area (Å²) in [4.78, 5) is 0. The Balaban J connectivity index is 3.52. The van der Waals surface area contributed by atoms with E-state index in [2.05, 4.69) is 43.7 Å². The summed E-state index contributed by atoms with van der Waals surface area (Å²) < 4.78 is 1.75. The molecule has 0 aromatic heterocycles. The third-order valence-electron chi connectivity index (χ3n) is 1.39. The summed E-state index contributed by atoms with van der Waals surface area (Å²) in [5.74, 6) is 5.06. The molecule has 0 N–H and O–H groups in total. The van der Waals surface area contributed by atoms with E-state index < -0.39 is 0 Å². The van der Waals surface area contributed by atoms with Crippen molar-refractivity contribution in [1.82, 2.24) is 0 Å². The summed E-state index contributed by atoms with van der Waals surface area (Å²) in [6.07, 6.45) is 10.6. The third-order valence-corrected chi connectivity index (χ3v) is 3.41. The molecule has 0 aliphatic carbocycles. The van der Waals surface area contributed by atoms with Gasteiger partial charge in [0, 0.05) is 14.5 Å². The lowest BCUT2D eigenvalue weighted by molar-refractivity contribution is 1.50. The quantitative estimate of drug-likeness (QED) is 0.642. The average molecular weight is 284 g/mol. The van der Waals surface area contributed by atoms with E-state index in [9.17, 15) is 0 Å². The number of halogens is 2. The van der Waals surface area contributed by atoms with Crippen molar-refractivity contribution in [3.05, 3.63) is 32.2 Å². The molecule has 0 aliphatic rings. The molecule has 0 fully saturated rings. The maximum absolute atomic E-state index is 5.30. The lowest BCUT2D eigenvalue weighted by Crippen LogP contribution is -1.85. The molecule has 0 nitrogen and oxygen atoms in total. The van der Waals surface area contributed by atoms with Crippen molar-refractivity contribution in [2.75, 3.05) is 0 Å². The SMILES string of the molecule is C#Cc1ccc(Br)c(Br)c1C#C. The van der Waals surface area contributed by atoms with Gasteiger partial charge in [0.2, 0.25) is 0 Å². The highest BCUT2D eigenvalue weighted by Crippen LogP contribution is 2.28. The maximum Gasteiger partial charge on any atom is 0.0552 e. The highest BCUT2D eigenvalue weighted by Gasteiger charge is 2.05. The zero-order chi connectivity index (χ0) is 9.14. The number of benzene rings is 1. The van der Waals surface area contributed by atoms with Crippen molar-refractivity contribution in [1.29, 1.82) is 0 Å². The molecule has 2 heteroatoms. The Morgan fingerprint density at radius 2 is 1.75 bits per heavy atom. The lowest BCUT2D eigenvalue weighted by atomic mass is 10.1. The summed E-state index contributed by atoms with van der Waals surface area (Å²) >= 11 is 6.69. The summed E-state index contributed by atoms with van der Waals surface area (Å²) in [7, 11) is 0. The Hall–Kier alpha value is -0.700. The molecular weight excluding hydrogens is 280 g/mol. The van der Waals surface area contributed by atoms with Gasteiger partial charge in [-0.2, -0.15) is 0 Å². The van der Waals surface area contributed by atoms with E-state index in [1.54, 1.807) is 0 Å². The van der Waals surface area contributed by atoms with Crippen molar-refractivity contribution in [2.24, 2.45) is 0 Å². The van der Waals surface area contributed by atoms with E-state index in [0.29, 0.717) is 5.56 Å². The van der Waals surface area contributed by atoms with Gasteiger partial charge in [0.25, 0.3) is 0 Å². The normalized spacial score (nSPS) is 8.67. The Labute approximate surface area is 88.6 Å². The Morgan fingerprint density at radius 3 is 2.25 bits per heavy atom. The largest absolute Gasteiger partial charge is 0.115 e. The van der Waals surface area contributed by atoms with Crippen molar-refractivity contribution in [3.63, 3.8) is 0 Å². The molecule has 1 rings (SSSR count). The summed E-state index contributed by atoms with van der Waals surface area (Å²) in [5, 5.41) is 0. The van der Waals surface area contributed by atoms with Gasteiger partial charge in [-0.15, -0.1) is 12.8 Å². The first-order valence-corrected chi connectivity index (χ1v) is 4.70. The molecule has 0 saturated heterocycles. The first kappa shape index (κ1) is 9.39. The lowest BCUT2D eigenvalue weighted by Gasteiger charge is -2.01. The Bertz CT molecular complexity index is 392. The van der Waals surface area contributed by atoms with Gasteiger partial charge in [0.05, 0.1) is 5.56 Å². The van der Waals surface area contributed by atoms with Crippen LogP contribution in [0.5, 0.6) is 0 Å². The van der Waals surface area contributed by atoms with Gasteiger partial charge in [-0.1, -0.05) is 11.8 Å². The van der Waals surface area contributed by atoms with Crippen LogP contribution in [0.15, 0.2) is 21.1 Å². The summed E-state index contributed by atoms with van der Waals surface area (Å²) in [5.41, 5.74) is 1.44. The highest BCUT2D eigenvalue weighted by molar-refractivity contribution is 9.13. The van der Waals surface area contributed by atoms with Crippen LogP contribution in [0.4, 0.5) is 0 Å². The van der Waals surface area contributed by atoms with Crippen molar-refractivity contribution >= 4 is 31.9 Å². The maximum atomic E-state index is 5.30. The molecule has 1 aromatic rings. The standard InChI is InChI=1S/C10H4Br2/c1-3-7-5-6-9(11)10(12)8(7)4-2/h1-2,5-6H. The minimum Gasteiger partial charge on any atom is -0.115 e. The van der Waals surface area contributed by atoms with E-state index in [-0.39, 0.29) is 0 Å². The highest BCUT2D eigenvalue weighted by atomic mass is 79.9. The molecule has 0 amide bonds. The second-order valence-corrected chi connectivity index (χ2v) is 3.72. The smallest absolute Gasteiger partial charge is 0.0552 e. The predicted molar refractivity (Wildman–Crippen MR) is 57.7 cm³/mol. The van der Waals surface area contributed by atoms with E-state index in [1.165, 1.54) is 0 Å². The fourth-order valence-electron chi connectivity index (χ4n) is 0.812.